The Labute approximate surface area is 114 Å². The van der Waals surface area contributed by atoms with Gasteiger partial charge < -0.3 is 0 Å². The molecule has 1 heterocycles. The Bertz CT molecular complexity index is 363. The van der Waals surface area contributed by atoms with Gasteiger partial charge in [-0.05, 0) is 36.5 Å². The van der Waals surface area contributed by atoms with Crippen LogP contribution in [0.4, 0.5) is 8.78 Å². The maximum Gasteiger partial charge on any atom is 0.272 e. The zero-order chi connectivity index (χ0) is 14.3. The third-order valence-electron chi connectivity index (χ3n) is 5.31. The van der Waals surface area contributed by atoms with Gasteiger partial charge in [0.05, 0.1) is 19.2 Å². The molecule has 1 aliphatic heterocycles. The highest BCUT2D eigenvalue weighted by Crippen LogP contribution is 2.53. The van der Waals surface area contributed by atoms with Crippen molar-refractivity contribution in [2.75, 3.05) is 13.1 Å². The molecule has 0 unspecified atom stereocenters. The molecule has 2 nitrogen and oxygen atoms in total. The smallest absolute Gasteiger partial charge is 0.272 e. The SMILES string of the molecule is CC(C)(C)C1(CC#N)CCC(N2CC(F)(F)C2)CC1. The Balaban J connectivity index is 1.96. The van der Waals surface area contributed by atoms with Gasteiger partial charge in [-0.3, -0.25) is 4.90 Å². The molecule has 0 amide bonds. The molecule has 0 aromatic heterocycles. The van der Waals surface area contributed by atoms with Crippen LogP contribution < -0.4 is 0 Å². The summed E-state index contributed by atoms with van der Waals surface area (Å²) in [5.41, 5.74) is 0.165. The first-order chi connectivity index (χ1) is 8.69. The van der Waals surface area contributed by atoms with Gasteiger partial charge in [0, 0.05) is 12.5 Å². The Morgan fingerprint density at radius 1 is 1.21 bits per heavy atom. The number of nitrogens with zero attached hydrogens (tertiary/aromatic N) is 2. The lowest BCUT2D eigenvalue weighted by atomic mass is 9.57. The van der Waals surface area contributed by atoms with Crippen molar-refractivity contribution in [3.63, 3.8) is 0 Å². The summed E-state index contributed by atoms with van der Waals surface area (Å²) in [4.78, 5) is 1.92. The molecule has 108 valence electrons. The summed E-state index contributed by atoms with van der Waals surface area (Å²) in [6.07, 6.45) is 4.46. The highest BCUT2D eigenvalue weighted by atomic mass is 19.3. The molecule has 0 N–H and O–H groups in total. The molecule has 0 atom stereocenters. The fourth-order valence-electron chi connectivity index (χ4n) is 3.67. The van der Waals surface area contributed by atoms with E-state index in [1.807, 2.05) is 4.90 Å². The van der Waals surface area contributed by atoms with Crippen LogP contribution in [0.3, 0.4) is 0 Å². The minimum absolute atomic E-state index is 0.0611. The second-order valence-electron chi connectivity index (χ2n) is 7.36. The van der Waals surface area contributed by atoms with E-state index < -0.39 is 5.92 Å². The second kappa shape index (κ2) is 4.70. The van der Waals surface area contributed by atoms with Crippen LogP contribution in [0.1, 0.15) is 52.9 Å². The largest absolute Gasteiger partial charge is 0.288 e. The van der Waals surface area contributed by atoms with Crippen molar-refractivity contribution < 1.29 is 8.78 Å². The lowest BCUT2D eigenvalue weighted by Gasteiger charge is -2.52. The zero-order valence-corrected chi connectivity index (χ0v) is 12.2. The fraction of sp³-hybridized carbons (Fsp3) is 0.933. The Hall–Kier alpha value is -0.690. The summed E-state index contributed by atoms with van der Waals surface area (Å²) in [7, 11) is 0. The zero-order valence-electron chi connectivity index (χ0n) is 12.2. The van der Waals surface area contributed by atoms with Gasteiger partial charge in [0.15, 0.2) is 0 Å². The van der Waals surface area contributed by atoms with Crippen molar-refractivity contribution in [3.05, 3.63) is 0 Å². The van der Waals surface area contributed by atoms with E-state index in [0.717, 1.165) is 25.7 Å². The Kier molecular flexibility index (Phi) is 3.64. The summed E-state index contributed by atoms with van der Waals surface area (Å²) in [5.74, 6) is -2.47. The predicted molar refractivity (Wildman–Crippen MR) is 70.9 cm³/mol. The summed E-state index contributed by atoms with van der Waals surface area (Å²) in [6.45, 7) is 6.45. The third kappa shape index (κ3) is 2.76. The summed E-state index contributed by atoms with van der Waals surface area (Å²) in [5, 5.41) is 9.09. The van der Waals surface area contributed by atoms with Gasteiger partial charge in [0.1, 0.15) is 0 Å². The van der Waals surface area contributed by atoms with Crippen LogP contribution in [0.2, 0.25) is 0 Å². The lowest BCUT2D eigenvalue weighted by Crippen LogP contribution is -2.61. The minimum Gasteiger partial charge on any atom is -0.288 e. The van der Waals surface area contributed by atoms with Gasteiger partial charge >= 0.3 is 0 Å². The van der Waals surface area contributed by atoms with Gasteiger partial charge in [0.25, 0.3) is 5.92 Å². The van der Waals surface area contributed by atoms with Crippen molar-refractivity contribution in [2.45, 2.75) is 64.8 Å². The van der Waals surface area contributed by atoms with Crippen LogP contribution in [0.5, 0.6) is 0 Å². The van der Waals surface area contributed by atoms with Crippen molar-refractivity contribution >= 4 is 0 Å². The summed E-state index contributed by atoms with van der Waals surface area (Å²) < 4.78 is 25.8. The first kappa shape index (κ1) is 14.7. The van der Waals surface area contributed by atoms with Crippen LogP contribution >= 0.6 is 0 Å². The first-order valence-electron chi connectivity index (χ1n) is 7.18. The van der Waals surface area contributed by atoms with E-state index in [0.29, 0.717) is 12.5 Å². The molecule has 0 bridgehead atoms. The maximum atomic E-state index is 12.9. The van der Waals surface area contributed by atoms with Gasteiger partial charge in [-0.25, -0.2) is 8.78 Å². The highest BCUT2D eigenvalue weighted by molar-refractivity contribution is 5.02. The van der Waals surface area contributed by atoms with Crippen molar-refractivity contribution in [2.24, 2.45) is 10.8 Å². The van der Waals surface area contributed by atoms with Gasteiger partial charge in [-0.1, -0.05) is 20.8 Å². The normalized spacial score (nSPS) is 35.5. The molecule has 4 heteroatoms. The van der Waals surface area contributed by atoms with Crippen molar-refractivity contribution in [1.29, 1.82) is 5.26 Å². The predicted octanol–water partition coefficient (Wildman–Crippen LogP) is 3.83. The van der Waals surface area contributed by atoms with E-state index in [1.54, 1.807) is 0 Å². The number of nitriles is 1. The average Bonchev–Trinajstić information content (AvgIpc) is 2.26. The molecule has 2 aliphatic rings. The van der Waals surface area contributed by atoms with Crippen LogP contribution in [0, 0.1) is 22.2 Å². The molecule has 1 aliphatic carbocycles. The number of halogens is 2. The quantitative estimate of drug-likeness (QED) is 0.762. The fourth-order valence-corrected chi connectivity index (χ4v) is 3.67. The molecule has 0 radical (unpaired) electrons. The van der Waals surface area contributed by atoms with Crippen LogP contribution in [-0.4, -0.2) is 30.0 Å². The van der Waals surface area contributed by atoms with E-state index in [1.165, 1.54) is 0 Å². The number of hydrogen-bond acceptors (Lipinski definition) is 2. The van der Waals surface area contributed by atoms with Crippen LogP contribution in [0.25, 0.3) is 0 Å². The standard InChI is InChI=1S/C15H24F2N2/c1-13(2,3)14(8-9-18)6-4-12(5-7-14)19-10-15(16,17)11-19/h12H,4-8,10-11H2,1-3H3. The van der Waals surface area contributed by atoms with E-state index in [2.05, 4.69) is 26.8 Å². The molecule has 2 fully saturated rings. The van der Waals surface area contributed by atoms with E-state index in [4.69, 9.17) is 5.26 Å². The summed E-state index contributed by atoms with van der Waals surface area (Å²) >= 11 is 0. The van der Waals surface area contributed by atoms with Crippen LogP contribution in [-0.2, 0) is 0 Å². The van der Waals surface area contributed by atoms with E-state index in [-0.39, 0.29) is 23.9 Å². The topological polar surface area (TPSA) is 27.0 Å². The third-order valence-corrected chi connectivity index (χ3v) is 5.31. The molecule has 0 aromatic carbocycles. The lowest BCUT2D eigenvalue weighted by molar-refractivity contribution is -0.155. The molecule has 19 heavy (non-hydrogen) atoms. The molecular weight excluding hydrogens is 246 g/mol. The molecule has 1 saturated heterocycles. The van der Waals surface area contributed by atoms with Crippen molar-refractivity contribution in [3.8, 4) is 6.07 Å². The minimum atomic E-state index is -2.47. The molecular formula is C15H24F2N2. The van der Waals surface area contributed by atoms with Gasteiger partial charge in [-0.2, -0.15) is 5.26 Å². The second-order valence-corrected chi connectivity index (χ2v) is 7.36. The number of alkyl halides is 2. The average molecular weight is 270 g/mol. The first-order valence-corrected chi connectivity index (χ1v) is 7.18. The molecule has 0 aromatic rings. The number of hydrogen-bond donors (Lipinski definition) is 0. The Morgan fingerprint density at radius 3 is 2.11 bits per heavy atom. The van der Waals surface area contributed by atoms with Gasteiger partial charge in [-0.15, -0.1) is 0 Å². The molecule has 1 saturated carbocycles. The number of rotatable bonds is 2. The monoisotopic (exact) mass is 270 g/mol. The van der Waals surface area contributed by atoms with Crippen LogP contribution in [0.15, 0.2) is 0 Å². The highest BCUT2D eigenvalue weighted by Gasteiger charge is 2.50. The molecule has 2 rings (SSSR count). The van der Waals surface area contributed by atoms with Crippen molar-refractivity contribution in [1.82, 2.24) is 4.90 Å². The molecule has 0 spiro atoms. The maximum absolute atomic E-state index is 12.9. The van der Waals surface area contributed by atoms with E-state index in [9.17, 15) is 8.78 Å². The van der Waals surface area contributed by atoms with E-state index >= 15 is 0 Å². The van der Waals surface area contributed by atoms with Gasteiger partial charge in [0.2, 0.25) is 0 Å². The number of likely N-dealkylation sites (tertiary alicyclic amines) is 1. The summed E-state index contributed by atoms with van der Waals surface area (Å²) in [6, 6.07) is 2.64. The Morgan fingerprint density at radius 2 is 1.74 bits per heavy atom.